The van der Waals surface area contributed by atoms with Gasteiger partial charge in [0.15, 0.2) is 0 Å². The third-order valence-corrected chi connectivity index (χ3v) is 3.61. The fourth-order valence-electron chi connectivity index (χ4n) is 1.79. The standard InChI is InChI=1S/C15H17N5O2/c1-3-15(2,14(17)21)18-9-12-19-20-13(22-12)11-6-4-10(8-16)5-7-11/h4-7,18H,3,9H2,1-2H3,(H2,17,21)/t15-/m1/s1. The van der Waals surface area contributed by atoms with Crippen LogP contribution in [0.2, 0.25) is 0 Å². The Morgan fingerprint density at radius 1 is 1.41 bits per heavy atom. The highest BCUT2D eigenvalue weighted by atomic mass is 16.4. The second kappa shape index (κ2) is 6.37. The predicted molar refractivity (Wildman–Crippen MR) is 79.2 cm³/mol. The lowest BCUT2D eigenvalue weighted by atomic mass is 9.98. The van der Waals surface area contributed by atoms with Crippen LogP contribution in [0.1, 0.15) is 31.7 Å². The summed E-state index contributed by atoms with van der Waals surface area (Å²) in [5, 5.41) is 19.7. The number of nitriles is 1. The summed E-state index contributed by atoms with van der Waals surface area (Å²) in [5.74, 6) is 0.292. The molecule has 0 spiro atoms. The van der Waals surface area contributed by atoms with Gasteiger partial charge < -0.3 is 10.2 Å². The van der Waals surface area contributed by atoms with Gasteiger partial charge in [-0.25, -0.2) is 0 Å². The number of carbonyl (C=O) groups excluding carboxylic acids is 1. The minimum absolute atomic E-state index is 0.247. The van der Waals surface area contributed by atoms with Gasteiger partial charge >= 0.3 is 0 Å². The lowest BCUT2D eigenvalue weighted by Crippen LogP contribution is -2.52. The van der Waals surface area contributed by atoms with Gasteiger partial charge in [-0.15, -0.1) is 10.2 Å². The molecular weight excluding hydrogens is 282 g/mol. The van der Waals surface area contributed by atoms with Gasteiger partial charge in [0.25, 0.3) is 0 Å². The molecule has 1 aromatic heterocycles. The lowest BCUT2D eigenvalue weighted by Gasteiger charge is -2.24. The predicted octanol–water partition coefficient (Wildman–Crippen LogP) is 1.35. The molecule has 0 bridgehead atoms. The smallest absolute Gasteiger partial charge is 0.247 e. The Labute approximate surface area is 128 Å². The molecule has 2 rings (SSSR count). The summed E-state index contributed by atoms with van der Waals surface area (Å²) in [6.45, 7) is 3.84. The first kappa shape index (κ1) is 15.7. The molecule has 2 aromatic rings. The Balaban J connectivity index is 2.08. The molecule has 0 saturated carbocycles. The maximum Gasteiger partial charge on any atom is 0.247 e. The van der Waals surface area contributed by atoms with Crippen LogP contribution in [0, 0.1) is 11.3 Å². The van der Waals surface area contributed by atoms with Gasteiger partial charge in [-0.2, -0.15) is 5.26 Å². The highest BCUT2D eigenvalue weighted by Gasteiger charge is 2.28. The first-order chi connectivity index (χ1) is 10.5. The molecule has 1 atom stereocenters. The normalized spacial score (nSPS) is 13.3. The molecule has 1 aromatic carbocycles. The molecule has 0 aliphatic rings. The molecule has 7 heteroatoms. The molecule has 0 saturated heterocycles. The number of amides is 1. The molecule has 0 radical (unpaired) electrons. The highest BCUT2D eigenvalue weighted by molar-refractivity contribution is 5.84. The summed E-state index contributed by atoms with van der Waals surface area (Å²) in [6, 6.07) is 8.88. The fraction of sp³-hybridized carbons (Fsp3) is 0.333. The van der Waals surface area contributed by atoms with Crippen LogP contribution >= 0.6 is 0 Å². The Bertz CT molecular complexity index is 701. The van der Waals surface area contributed by atoms with Crippen LogP contribution in [0.4, 0.5) is 0 Å². The first-order valence-electron chi connectivity index (χ1n) is 6.86. The lowest BCUT2D eigenvalue weighted by molar-refractivity contribution is -0.124. The van der Waals surface area contributed by atoms with Crippen molar-refractivity contribution in [1.82, 2.24) is 15.5 Å². The highest BCUT2D eigenvalue weighted by Crippen LogP contribution is 2.18. The zero-order chi connectivity index (χ0) is 16.2. The summed E-state index contributed by atoms with van der Waals surface area (Å²) in [7, 11) is 0. The Kier molecular flexibility index (Phi) is 4.53. The van der Waals surface area contributed by atoms with E-state index in [1.807, 2.05) is 13.0 Å². The van der Waals surface area contributed by atoms with Gasteiger partial charge in [0.2, 0.25) is 17.7 Å². The van der Waals surface area contributed by atoms with E-state index >= 15 is 0 Å². The van der Waals surface area contributed by atoms with Gasteiger partial charge in [0, 0.05) is 5.56 Å². The van der Waals surface area contributed by atoms with Crippen molar-refractivity contribution >= 4 is 5.91 Å². The molecular formula is C15H17N5O2. The maximum absolute atomic E-state index is 11.4. The summed E-state index contributed by atoms with van der Waals surface area (Å²) >= 11 is 0. The monoisotopic (exact) mass is 299 g/mol. The zero-order valence-corrected chi connectivity index (χ0v) is 12.5. The fourth-order valence-corrected chi connectivity index (χ4v) is 1.79. The second-order valence-corrected chi connectivity index (χ2v) is 5.09. The number of nitrogens with two attached hydrogens (primary N) is 1. The average molecular weight is 299 g/mol. The number of hydrogen-bond acceptors (Lipinski definition) is 6. The van der Waals surface area contributed by atoms with Gasteiger partial charge in [-0.05, 0) is 37.6 Å². The van der Waals surface area contributed by atoms with Gasteiger partial charge in [0.05, 0.1) is 23.7 Å². The van der Waals surface area contributed by atoms with Gasteiger partial charge in [-0.3, -0.25) is 10.1 Å². The molecule has 0 unspecified atom stereocenters. The van der Waals surface area contributed by atoms with Crippen molar-refractivity contribution in [3.8, 4) is 17.5 Å². The Hall–Kier alpha value is -2.72. The molecule has 22 heavy (non-hydrogen) atoms. The number of hydrogen-bond donors (Lipinski definition) is 2. The van der Waals surface area contributed by atoms with Crippen molar-refractivity contribution in [2.75, 3.05) is 0 Å². The van der Waals surface area contributed by atoms with E-state index in [2.05, 4.69) is 15.5 Å². The number of rotatable bonds is 6. The van der Waals surface area contributed by atoms with Crippen molar-refractivity contribution in [3.05, 3.63) is 35.7 Å². The number of primary amides is 1. The molecule has 3 N–H and O–H groups in total. The van der Waals surface area contributed by atoms with Crippen molar-refractivity contribution in [2.45, 2.75) is 32.4 Å². The second-order valence-electron chi connectivity index (χ2n) is 5.09. The molecule has 114 valence electrons. The summed E-state index contributed by atoms with van der Waals surface area (Å²) in [5.41, 5.74) is 5.85. The van der Waals surface area contributed by atoms with E-state index in [4.69, 9.17) is 15.4 Å². The van der Waals surface area contributed by atoms with E-state index in [1.54, 1.807) is 31.2 Å². The van der Waals surface area contributed by atoms with Gasteiger partial charge in [0.1, 0.15) is 0 Å². The minimum atomic E-state index is -0.816. The van der Waals surface area contributed by atoms with Crippen LogP contribution in [0.5, 0.6) is 0 Å². The van der Waals surface area contributed by atoms with Crippen LogP contribution in [0.25, 0.3) is 11.5 Å². The topological polar surface area (TPSA) is 118 Å². The van der Waals surface area contributed by atoms with Gasteiger partial charge in [-0.1, -0.05) is 6.92 Å². The van der Waals surface area contributed by atoms with Crippen LogP contribution in [-0.4, -0.2) is 21.6 Å². The SMILES string of the molecule is CC[C@@](C)(NCc1nnc(-c2ccc(C#N)cc2)o1)C(N)=O. The average Bonchev–Trinajstić information content (AvgIpc) is 3.01. The van der Waals surface area contributed by atoms with E-state index in [0.717, 1.165) is 5.56 Å². The molecule has 0 aliphatic carbocycles. The van der Waals surface area contributed by atoms with Crippen LogP contribution in [-0.2, 0) is 11.3 Å². The Morgan fingerprint density at radius 2 is 2.09 bits per heavy atom. The van der Waals surface area contributed by atoms with Crippen molar-refractivity contribution in [2.24, 2.45) is 5.73 Å². The van der Waals surface area contributed by atoms with E-state index < -0.39 is 11.4 Å². The Morgan fingerprint density at radius 3 is 2.64 bits per heavy atom. The summed E-state index contributed by atoms with van der Waals surface area (Å²) in [6.07, 6.45) is 0.555. The number of aromatic nitrogens is 2. The number of benzene rings is 1. The molecule has 0 aliphatic heterocycles. The minimum Gasteiger partial charge on any atom is -0.419 e. The van der Waals surface area contributed by atoms with Crippen LogP contribution in [0.15, 0.2) is 28.7 Å². The molecule has 1 amide bonds. The summed E-state index contributed by atoms with van der Waals surface area (Å²) in [4.78, 5) is 11.4. The third-order valence-electron chi connectivity index (χ3n) is 3.61. The van der Waals surface area contributed by atoms with Crippen LogP contribution < -0.4 is 11.1 Å². The van der Waals surface area contributed by atoms with Crippen molar-refractivity contribution < 1.29 is 9.21 Å². The molecule has 7 nitrogen and oxygen atoms in total. The third kappa shape index (κ3) is 3.30. The molecule has 1 heterocycles. The van der Waals surface area contributed by atoms with E-state index in [-0.39, 0.29) is 6.54 Å². The number of nitrogens with one attached hydrogen (secondary N) is 1. The number of nitrogens with zero attached hydrogens (tertiary/aromatic N) is 3. The maximum atomic E-state index is 11.4. The number of carbonyl (C=O) groups is 1. The van der Waals surface area contributed by atoms with Crippen molar-refractivity contribution in [3.63, 3.8) is 0 Å². The van der Waals surface area contributed by atoms with E-state index in [0.29, 0.717) is 23.8 Å². The van der Waals surface area contributed by atoms with Crippen molar-refractivity contribution in [1.29, 1.82) is 5.26 Å². The quantitative estimate of drug-likeness (QED) is 0.831. The first-order valence-corrected chi connectivity index (χ1v) is 6.86. The zero-order valence-electron chi connectivity index (χ0n) is 12.5. The summed E-state index contributed by atoms with van der Waals surface area (Å²) < 4.78 is 5.54. The molecule has 0 fully saturated rings. The van der Waals surface area contributed by atoms with E-state index in [9.17, 15) is 4.79 Å². The van der Waals surface area contributed by atoms with E-state index in [1.165, 1.54) is 0 Å². The van der Waals surface area contributed by atoms with Crippen LogP contribution in [0.3, 0.4) is 0 Å². The largest absolute Gasteiger partial charge is 0.419 e.